The van der Waals surface area contributed by atoms with Crippen LogP contribution in [0.3, 0.4) is 0 Å². The highest BCUT2D eigenvalue weighted by Crippen LogP contribution is 2.17. The average Bonchev–Trinajstić information content (AvgIpc) is 2.42. The van der Waals surface area contributed by atoms with Gasteiger partial charge in [-0.2, -0.15) is 0 Å². The lowest BCUT2D eigenvalue weighted by atomic mass is 10.1. The van der Waals surface area contributed by atoms with Crippen LogP contribution in [0.4, 0.5) is 0 Å². The molecule has 2 heterocycles. The van der Waals surface area contributed by atoms with Crippen LogP contribution in [0.15, 0.2) is 24.3 Å². The minimum Gasteiger partial charge on any atom is -0.312 e. The monoisotopic (exact) mass is 273 g/mol. The molecule has 0 saturated carbocycles. The van der Waals surface area contributed by atoms with Gasteiger partial charge in [0.25, 0.3) is 0 Å². The molecule has 2 aromatic rings. The average molecular weight is 274 g/mol. The molecule has 0 spiro atoms. The van der Waals surface area contributed by atoms with Crippen LogP contribution in [0.1, 0.15) is 28.3 Å². The Bertz CT molecular complexity index is 593. The van der Waals surface area contributed by atoms with Gasteiger partial charge in [0.2, 0.25) is 0 Å². The van der Waals surface area contributed by atoms with Crippen molar-refractivity contribution in [3.8, 4) is 0 Å². The molecule has 0 bridgehead atoms. The molecule has 3 rings (SSSR count). The molecule has 1 aromatic carbocycles. The highest BCUT2D eigenvalue weighted by Gasteiger charge is 2.15. The van der Waals surface area contributed by atoms with Gasteiger partial charge >= 0.3 is 0 Å². The van der Waals surface area contributed by atoms with E-state index < -0.39 is 0 Å². The first kappa shape index (κ1) is 12.6. The molecular weight excluding hydrogens is 258 g/mol. The molecule has 1 aromatic heterocycles. The zero-order valence-corrected chi connectivity index (χ0v) is 11.7. The summed E-state index contributed by atoms with van der Waals surface area (Å²) in [6.07, 6.45) is 1.75. The second-order valence-electron chi connectivity index (χ2n) is 4.88. The van der Waals surface area contributed by atoms with Crippen molar-refractivity contribution < 1.29 is 0 Å². The van der Waals surface area contributed by atoms with E-state index in [1.54, 1.807) is 0 Å². The zero-order valence-electron chi connectivity index (χ0n) is 10.9. The summed E-state index contributed by atoms with van der Waals surface area (Å²) in [6.45, 7) is 3.96. The number of nitrogens with zero attached hydrogens (tertiary/aromatic N) is 2. The standard InChI is InChI=1S/C15H16ClN3/c1-10-13-9-17-7-6-14(13)19-15(18-10)8-11-2-4-12(16)5-3-11/h2-5,17H,6-9H2,1H3. The maximum Gasteiger partial charge on any atom is 0.133 e. The van der Waals surface area contributed by atoms with Crippen LogP contribution in [0.25, 0.3) is 0 Å². The van der Waals surface area contributed by atoms with Crippen molar-refractivity contribution >= 4 is 11.6 Å². The molecule has 19 heavy (non-hydrogen) atoms. The lowest BCUT2D eigenvalue weighted by Gasteiger charge is -2.18. The summed E-state index contributed by atoms with van der Waals surface area (Å²) in [5.41, 5.74) is 4.76. The van der Waals surface area contributed by atoms with Gasteiger partial charge in [-0.25, -0.2) is 9.97 Å². The minimum absolute atomic E-state index is 0.761. The molecule has 1 aliphatic rings. The van der Waals surface area contributed by atoms with Crippen molar-refractivity contribution in [2.24, 2.45) is 0 Å². The second kappa shape index (κ2) is 5.27. The Morgan fingerprint density at radius 3 is 2.79 bits per heavy atom. The highest BCUT2D eigenvalue weighted by atomic mass is 35.5. The number of fused-ring (bicyclic) bond motifs is 1. The van der Waals surface area contributed by atoms with E-state index in [4.69, 9.17) is 16.6 Å². The third-order valence-corrected chi connectivity index (χ3v) is 3.71. The molecule has 1 aliphatic heterocycles. The predicted molar refractivity (Wildman–Crippen MR) is 76.4 cm³/mol. The van der Waals surface area contributed by atoms with Crippen LogP contribution in [0.5, 0.6) is 0 Å². The fourth-order valence-electron chi connectivity index (χ4n) is 2.44. The topological polar surface area (TPSA) is 37.8 Å². The first-order valence-electron chi connectivity index (χ1n) is 6.53. The number of hydrogen-bond acceptors (Lipinski definition) is 3. The Kier molecular flexibility index (Phi) is 3.49. The molecule has 4 heteroatoms. The van der Waals surface area contributed by atoms with Crippen molar-refractivity contribution in [2.75, 3.05) is 6.54 Å². The van der Waals surface area contributed by atoms with Gasteiger partial charge in [0.15, 0.2) is 0 Å². The van der Waals surface area contributed by atoms with Crippen molar-refractivity contribution in [3.63, 3.8) is 0 Å². The van der Waals surface area contributed by atoms with E-state index >= 15 is 0 Å². The Labute approximate surface area is 118 Å². The van der Waals surface area contributed by atoms with E-state index in [2.05, 4.69) is 17.2 Å². The Balaban J connectivity index is 1.89. The van der Waals surface area contributed by atoms with Gasteiger partial charge in [0, 0.05) is 42.2 Å². The van der Waals surface area contributed by atoms with Crippen LogP contribution >= 0.6 is 11.6 Å². The summed E-state index contributed by atoms with van der Waals surface area (Å²) in [4.78, 5) is 9.33. The van der Waals surface area contributed by atoms with Crippen molar-refractivity contribution in [1.82, 2.24) is 15.3 Å². The summed E-state index contributed by atoms with van der Waals surface area (Å²) in [5, 5.41) is 4.12. The third-order valence-electron chi connectivity index (χ3n) is 3.46. The SMILES string of the molecule is Cc1nc(Cc2ccc(Cl)cc2)nc2c1CNCC2. The van der Waals surface area contributed by atoms with Gasteiger partial charge in [0.05, 0.1) is 5.69 Å². The number of hydrogen-bond donors (Lipinski definition) is 1. The summed E-state index contributed by atoms with van der Waals surface area (Å²) in [6, 6.07) is 7.88. The van der Waals surface area contributed by atoms with Gasteiger partial charge in [0.1, 0.15) is 5.82 Å². The normalized spacial score (nSPS) is 14.2. The number of aromatic nitrogens is 2. The van der Waals surface area contributed by atoms with Crippen LogP contribution in [-0.2, 0) is 19.4 Å². The van der Waals surface area contributed by atoms with Crippen LogP contribution in [0.2, 0.25) is 5.02 Å². The molecule has 0 amide bonds. The van der Waals surface area contributed by atoms with Crippen molar-refractivity contribution in [2.45, 2.75) is 26.3 Å². The van der Waals surface area contributed by atoms with E-state index in [9.17, 15) is 0 Å². The molecule has 1 N–H and O–H groups in total. The largest absolute Gasteiger partial charge is 0.312 e. The molecule has 0 saturated heterocycles. The highest BCUT2D eigenvalue weighted by molar-refractivity contribution is 6.30. The molecular formula is C15H16ClN3. The molecule has 3 nitrogen and oxygen atoms in total. The molecule has 98 valence electrons. The summed E-state index contributed by atoms with van der Waals surface area (Å²) in [5.74, 6) is 0.903. The summed E-state index contributed by atoms with van der Waals surface area (Å²) < 4.78 is 0. The van der Waals surface area contributed by atoms with E-state index in [1.807, 2.05) is 24.3 Å². The minimum atomic E-state index is 0.761. The van der Waals surface area contributed by atoms with Crippen LogP contribution < -0.4 is 5.32 Å². The fourth-order valence-corrected chi connectivity index (χ4v) is 2.56. The Morgan fingerprint density at radius 1 is 1.21 bits per heavy atom. The number of aryl methyl sites for hydroxylation is 1. The molecule has 0 unspecified atom stereocenters. The van der Waals surface area contributed by atoms with Crippen LogP contribution in [0, 0.1) is 6.92 Å². The Morgan fingerprint density at radius 2 is 2.00 bits per heavy atom. The number of nitrogens with one attached hydrogen (secondary N) is 1. The summed E-state index contributed by atoms with van der Waals surface area (Å²) in [7, 11) is 0. The number of halogens is 1. The lowest BCUT2D eigenvalue weighted by molar-refractivity contribution is 0.615. The number of benzene rings is 1. The maximum atomic E-state index is 5.90. The summed E-state index contributed by atoms with van der Waals surface area (Å²) >= 11 is 5.90. The first-order chi connectivity index (χ1) is 9.22. The lowest BCUT2D eigenvalue weighted by Crippen LogP contribution is -2.26. The Hall–Kier alpha value is -1.45. The van der Waals surface area contributed by atoms with Gasteiger partial charge < -0.3 is 5.32 Å². The smallest absolute Gasteiger partial charge is 0.133 e. The first-order valence-corrected chi connectivity index (χ1v) is 6.90. The van der Waals surface area contributed by atoms with E-state index in [0.717, 1.165) is 42.5 Å². The van der Waals surface area contributed by atoms with Gasteiger partial charge in [-0.15, -0.1) is 0 Å². The third kappa shape index (κ3) is 2.77. The fraction of sp³-hybridized carbons (Fsp3) is 0.333. The van der Waals surface area contributed by atoms with E-state index in [-0.39, 0.29) is 0 Å². The van der Waals surface area contributed by atoms with E-state index in [1.165, 1.54) is 16.8 Å². The van der Waals surface area contributed by atoms with Crippen molar-refractivity contribution in [1.29, 1.82) is 0 Å². The van der Waals surface area contributed by atoms with Gasteiger partial charge in [-0.05, 0) is 24.6 Å². The zero-order chi connectivity index (χ0) is 13.2. The van der Waals surface area contributed by atoms with Crippen LogP contribution in [-0.4, -0.2) is 16.5 Å². The molecule has 0 aliphatic carbocycles. The molecule has 0 fully saturated rings. The second-order valence-corrected chi connectivity index (χ2v) is 5.32. The predicted octanol–water partition coefficient (Wildman–Crippen LogP) is 2.67. The van der Waals surface area contributed by atoms with E-state index in [0.29, 0.717) is 0 Å². The molecule has 0 radical (unpaired) electrons. The maximum absolute atomic E-state index is 5.90. The molecule has 0 atom stereocenters. The van der Waals surface area contributed by atoms with Gasteiger partial charge in [-0.1, -0.05) is 23.7 Å². The van der Waals surface area contributed by atoms with Crippen molar-refractivity contribution in [3.05, 3.63) is 57.6 Å². The van der Waals surface area contributed by atoms with Gasteiger partial charge in [-0.3, -0.25) is 0 Å². The number of rotatable bonds is 2. The quantitative estimate of drug-likeness (QED) is 0.914.